The summed E-state index contributed by atoms with van der Waals surface area (Å²) in [6.45, 7) is 4.68. The Morgan fingerprint density at radius 2 is 2.06 bits per heavy atom. The normalized spacial score (nSPS) is 11.3. The maximum Gasteiger partial charge on any atom is 0.422 e. The molecule has 0 unspecified atom stereocenters. The van der Waals surface area contributed by atoms with Gasteiger partial charge >= 0.3 is 11.4 Å². The highest BCUT2D eigenvalue weighted by atomic mass is 16.4. The number of aryl methyl sites for hydroxylation is 1. The lowest BCUT2D eigenvalue weighted by Crippen LogP contribution is -2.25. The van der Waals surface area contributed by atoms with Crippen molar-refractivity contribution in [2.45, 2.75) is 26.8 Å². The quantitative estimate of drug-likeness (QED) is 0.836. The number of anilines is 1. The van der Waals surface area contributed by atoms with E-state index in [-0.39, 0.29) is 0 Å². The average molecular weight is 248 g/mol. The largest absolute Gasteiger partial charge is 0.422 e. The van der Waals surface area contributed by atoms with E-state index in [1.807, 2.05) is 0 Å². The zero-order chi connectivity index (χ0) is 13.3. The molecule has 2 N–H and O–H groups in total. The molecule has 18 heavy (non-hydrogen) atoms. The number of benzene rings is 1. The molecule has 0 radical (unpaired) electrons. The fourth-order valence-corrected chi connectivity index (χ4v) is 1.84. The van der Waals surface area contributed by atoms with Crippen molar-refractivity contribution in [2.24, 2.45) is 5.92 Å². The highest BCUT2D eigenvalue weighted by Crippen LogP contribution is 2.13. The lowest BCUT2D eigenvalue weighted by atomic mass is 10.1. The van der Waals surface area contributed by atoms with Gasteiger partial charge in [0.05, 0.1) is 10.9 Å². The summed E-state index contributed by atoms with van der Waals surface area (Å²) in [5, 5.41) is 0.346. The number of nitrogens with two attached hydrogens (primary N) is 1. The summed E-state index contributed by atoms with van der Waals surface area (Å²) in [5.74, 6) is -0.148. The summed E-state index contributed by atoms with van der Waals surface area (Å²) in [7, 11) is 0. The van der Waals surface area contributed by atoms with Gasteiger partial charge in [-0.15, -0.1) is 0 Å². The molecule has 0 bridgehead atoms. The molecule has 0 saturated heterocycles. The minimum Gasteiger partial charge on any atom is -0.399 e. The van der Waals surface area contributed by atoms with Crippen LogP contribution in [0, 0.1) is 5.92 Å². The van der Waals surface area contributed by atoms with E-state index in [0.29, 0.717) is 29.1 Å². The molecule has 0 spiro atoms. The standard InChI is InChI=1S/C13H16N2O3/c1-8(2)5-6-15-11-4-3-9(14)7-10(11)12(16)18-13(15)17/h3-4,7-8H,5-6,14H2,1-2H3. The van der Waals surface area contributed by atoms with Crippen LogP contribution in [0.25, 0.3) is 10.9 Å². The van der Waals surface area contributed by atoms with Crippen LogP contribution in [0.4, 0.5) is 5.69 Å². The molecular weight excluding hydrogens is 232 g/mol. The highest BCUT2D eigenvalue weighted by Gasteiger charge is 2.09. The Kier molecular flexibility index (Phi) is 3.23. The zero-order valence-electron chi connectivity index (χ0n) is 10.5. The maximum absolute atomic E-state index is 11.7. The minimum absolute atomic E-state index is 0.346. The van der Waals surface area contributed by atoms with Crippen molar-refractivity contribution in [3.63, 3.8) is 0 Å². The summed E-state index contributed by atoms with van der Waals surface area (Å²) < 4.78 is 6.19. The van der Waals surface area contributed by atoms with E-state index in [0.717, 1.165) is 6.42 Å². The number of rotatable bonds is 3. The van der Waals surface area contributed by atoms with Crippen molar-refractivity contribution in [2.75, 3.05) is 5.73 Å². The predicted octanol–water partition coefficient (Wildman–Crippen LogP) is 1.58. The first-order chi connectivity index (χ1) is 8.49. The second-order valence-electron chi connectivity index (χ2n) is 4.77. The third-order valence-electron chi connectivity index (χ3n) is 2.86. The molecule has 5 heteroatoms. The SMILES string of the molecule is CC(C)CCn1c(=O)oc(=O)c2cc(N)ccc21. The Bertz CT molecular complexity index is 683. The Hall–Kier alpha value is -2.04. The lowest BCUT2D eigenvalue weighted by Gasteiger charge is -2.10. The maximum atomic E-state index is 11.7. The van der Waals surface area contributed by atoms with E-state index in [4.69, 9.17) is 10.2 Å². The van der Waals surface area contributed by atoms with Crippen LogP contribution < -0.4 is 17.1 Å². The average Bonchev–Trinajstić information content (AvgIpc) is 2.29. The fraction of sp³-hybridized carbons (Fsp3) is 0.385. The van der Waals surface area contributed by atoms with Gasteiger partial charge in [0.2, 0.25) is 0 Å². The first-order valence-corrected chi connectivity index (χ1v) is 5.92. The number of nitrogen functional groups attached to an aromatic ring is 1. The van der Waals surface area contributed by atoms with E-state index < -0.39 is 11.4 Å². The summed E-state index contributed by atoms with van der Waals surface area (Å²) in [5.41, 5.74) is 6.05. The number of hydrogen-bond acceptors (Lipinski definition) is 4. The molecule has 5 nitrogen and oxygen atoms in total. The molecule has 2 rings (SSSR count). The molecule has 2 aromatic rings. The molecular formula is C13H16N2O3. The van der Waals surface area contributed by atoms with Crippen LogP contribution in [-0.2, 0) is 6.54 Å². The third-order valence-corrected chi connectivity index (χ3v) is 2.86. The summed E-state index contributed by atoms with van der Waals surface area (Å²) >= 11 is 0. The molecule has 1 heterocycles. The van der Waals surface area contributed by atoms with Gasteiger partial charge < -0.3 is 10.2 Å². The van der Waals surface area contributed by atoms with Gasteiger partial charge in [0.15, 0.2) is 0 Å². The van der Waals surface area contributed by atoms with Crippen molar-refractivity contribution >= 4 is 16.6 Å². The molecule has 0 aliphatic heterocycles. The van der Waals surface area contributed by atoms with Crippen LogP contribution in [0.5, 0.6) is 0 Å². The molecule has 0 fully saturated rings. The predicted molar refractivity (Wildman–Crippen MR) is 70.6 cm³/mol. The van der Waals surface area contributed by atoms with Crippen molar-refractivity contribution in [1.82, 2.24) is 4.57 Å². The van der Waals surface area contributed by atoms with Crippen LogP contribution in [-0.4, -0.2) is 4.57 Å². The molecule has 0 atom stereocenters. The van der Waals surface area contributed by atoms with E-state index in [2.05, 4.69) is 13.8 Å². The Morgan fingerprint density at radius 1 is 1.33 bits per heavy atom. The lowest BCUT2D eigenvalue weighted by molar-refractivity contribution is 0.400. The Balaban J connectivity index is 2.65. The van der Waals surface area contributed by atoms with Crippen molar-refractivity contribution < 1.29 is 4.42 Å². The van der Waals surface area contributed by atoms with Crippen LogP contribution >= 0.6 is 0 Å². The van der Waals surface area contributed by atoms with Gasteiger partial charge in [-0.1, -0.05) is 13.8 Å². The Morgan fingerprint density at radius 3 is 2.72 bits per heavy atom. The van der Waals surface area contributed by atoms with Gasteiger partial charge in [-0.05, 0) is 30.5 Å². The fourth-order valence-electron chi connectivity index (χ4n) is 1.84. The van der Waals surface area contributed by atoms with E-state index >= 15 is 0 Å². The molecule has 1 aromatic carbocycles. The molecule has 0 saturated carbocycles. The molecule has 0 aliphatic rings. The number of aromatic nitrogens is 1. The number of fused-ring (bicyclic) bond motifs is 1. The molecule has 96 valence electrons. The first kappa shape index (κ1) is 12.4. The molecule has 1 aromatic heterocycles. The van der Waals surface area contributed by atoms with Gasteiger partial charge in [-0.3, -0.25) is 4.57 Å². The monoisotopic (exact) mass is 248 g/mol. The van der Waals surface area contributed by atoms with Crippen molar-refractivity contribution in [1.29, 1.82) is 0 Å². The van der Waals surface area contributed by atoms with Gasteiger partial charge in [-0.25, -0.2) is 9.59 Å². The molecule has 0 aliphatic carbocycles. The summed E-state index contributed by atoms with van der Waals surface area (Å²) in [6, 6.07) is 4.89. The summed E-state index contributed by atoms with van der Waals surface area (Å²) in [4.78, 5) is 23.3. The van der Waals surface area contributed by atoms with Crippen LogP contribution in [0.3, 0.4) is 0 Å². The van der Waals surface area contributed by atoms with Crippen molar-refractivity contribution in [3.8, 4) is 0 Å². The first-order valence-electron chi connectivity index (χ1n) is 5.92. The number of nitrogens with zero attached hydrogens (tertiary/aromatic N) is 1. The van der Waals surface area contributed by atoms with Gasteiger partial charge in [0, 0.05) is 12.2 Å². The second-order valence-corrected chi connectivity index (χ2v) is 4.77. The van der Waals surface area contributed by atoms with Gasteiger partial charge in [0.1, 0.15) is 0 Å². The second kappa shape index (κ2) is 4.68. The van der Waals surface area contributed by atoms with Crippen LogP contribution in [0.15, 0.2) is 32.2 Å². The summed E-state index contributed by atoms with van der Waals surface area (Å²) in [6.07, 6.45) is 0.840. The van der Waals surface area contributed by atoms with Crippen LogP contribution in [0.1, 0.15) is 20.3 Å². The van der Waals surface area contributed by atoms with Gasteiger partial charge in [0.25, 0.3) is 0 Å². The third kappa shape index (κ3) is 2.30. The number of hydrogen-bond donors (Lipinski definition) is 1. The minimum atomic E-state index is -0.636. The zero-order valence-corrected chi connectivity index (χ0v) is 10.5. The van der Waals surface area contributed by atoms with Crippen molar-refractivity contribution in [3.05, 3.63) is 39.2 Å². The van der Waals surface area contributed by atoms with Gasteiger partial charge in [-0.2, -0.15) is 0 Å². The highest BCUT2D eigenvalue weighted by molar-refractivity contribution is 5.80. The van der Waals surface area contributed by atoms with Crippen LogP contribution in [0.2, 0.25) is 0 Å². The smallest absolute Gasteiger partial charge is 0.399 e. The van der Waals surface area contributed by atoms with E-state index in [1.54, 1.807) is 12.1 Å². The van der Waals surface area contributed by atoms with E-state index in [9.17, 15) is 9.59 Å². The molecule has 0 amide bonds. The Labute approximate surface area is 104 Å². The van der Waals surface area contributed by atoms with E-state index in [1.165, 1.54) is 10.6 Å². The topological polar surface area (TPSA) is 78.2 Å².